The van der Waals surface area contributed by atoms with Crippen LogP contribution in [0.25, 0.3) is 0 Å². The SMILES string of the molecule is CC(=O)N1CCN(C(=O)/C(C#N)=C\NCCc2ccccc2F)CC1. The zero-order valence-corrected chi connectivity index (χ0v) is 14.2. The minimum Gasteiger partial charge on any atom is -0.389 e. The van der Waals surface area contributed by atoms with E-state index in [1.165, 1.54) is 19.2 Å². The maximum Gasteiger partial charge on any atom is 0.266 e. The Labute approximate surface area is 146 Å². The molecule has 0 saturated carbocycles. The highest BCUT2D eigenvalue weighted by atomic mass is 19.1. The highest BCUT2D eigenvalue weighted by Crippen LogP contribution is 2.08. The number of nitrogens with zero attached hydrogens (tertiary/aromatic N) is 3. The van der Waals surface area contributed by atoms with Crippen LogP contribution < -0.4 is 5.32 Å². The van der Waals surface area contributed by atoms with Gasteiger partial charge in [0, 0.05) is 45.8 Å². The average molecular weight is 344 g/mol. The second-order valence-corrected chi connectivity index (χ2v) is 5.76. The van der Waals surface area contributed by atoms with Crippen molar-refractivity contribution in [2.75, 3.05) is 32.7 Å². The quantitative estimate of drug-likeness (QED) is 0.492. The third kappa shape index (κ3) is 5.05. The van der Waals surface area contributed by atoms with E-state index in [0.717, 1.165) is 0 Å². The summed E-state index contributed by atoms with van der Waals surface area (Å²) in [6, 6.07) is 8.39. The van der Waals surface area contributed by atoms with Crippen LogP contribution in [0.15, 0.2) is 36.0 Å². The molecule has 0 atom stereocenters. The number of nitrogens with one attached hydrogen (secondary N) is 1. The van der Waals surface area contributed by atoms with Gasteiger partial charge in [0.2, 0.25) is 5.91 Å². The predicted octanol–water partition coefficient (Wildman–Crippen LogP) is 1.06. The lowest BCUT2D eigenvalue weighted by molar-refractivity contribution is -0.136. The maximum atomic E-state index is 13.5. The minimum absolute atomic E-state index is 0.00445. The van der Waals surface area contributed by atoms with E-state index >= 15 is 0 Å². The van der Waals surface area contributed by atoms with Crippen molar-refractivity contribution in [3.8, 4) is 6.07 Å². The van der Waals surface area contributed by atoms with Crippen LogP contribution in [-0.2, 0) is 16.0 Å². The first-order valence-electron chi connectivity index (χ1n) is 8.14. The van der Waals surface area contributed by atoms with Crippen molar-refractivity contribution in [1.82, 2.24) is 15.1 Å². The smallest absolute Gasteiger partial charge is 0.266 e. The van der Waals surface area contributed by atoms with Crippen molar-refractivity contribution < 1.29 is 14.0 Å². The summed E-state index contributed by atoms with van der Waals surface area (Å²) in [6.07, 6.45) is 1.83. The maximum absolute atomic E-state index is 13.5. The van der Waals surface area contributed by atoms with Crippen LogP contribution >= 0.6 is 0 Å². The van der Waals surface area contributed by atoms with Crippen LogP contribution in [0.2, 0.25) is 0 Å². The first-order chi connectivity index (χ1) is 12.0. The van der Waals surface area contributed by atoms with Crippen LogP contribution in [0.1, 0.15) is 12.5 Å². The number of benzene rings is 1. The molecular formula is C18H21FN4O2. The summed E-state index contributed by atoms with van der Waals surface area (Å²) in [4.78, 5) is 26.9. The zero-order chi connectivity index (χ0) is 18.2. The molecule has 6 nitrogen and oxygen atoms in total. The third-order valence-corrected chi connectivity index (χ3v) is 4.11. The van der Waals surface area contributed by atoms with Gasteiger partial charge in [-0.05, 0) is 18.1 Å². The second-order valence-electron chi connectivity index (χ2n) is 5.76. The van der Waals surface area contributed by atoms with Crippen molar-refractivity contribution in [3.05, 3.63) is 47.4 Å². The van der Waals surface area contributed by atoms with Gasteiger partial charge in [-0.25, -0.2) is 4.39 Å². The summed E-state index contributed by atoms with van der Waals surface area (Å²) in [6.45, 7) is 3.68. The van der Waals surface area contributed by atoms with E-state index in [2.05, 4.69) is 5.32 Å². The number of carbonyl (C=O) groups excluding carboxylic acids is 2. The molecule has 1 N–H and O–H groups in total. The molecule has 0 aromatic heterocycles. The van der Waals surface area contributed by atoms with Gasteiger partial charge in [0.1, 0.15) is 17.5 Å². The standard InChI is InChI=1S/C18H21FN4O2/c1-14(24)22-8-10-23(11-9-22)18(25)16(12-20)13-21-7-6-15-4-2-3-5-17(15)19/h2-5,13,21H,6-11H2,1H3/b16-13-. The molecule has 0 bridgehead atoms. The van der Waals surface area contributed by atoms with E-state index in [1.807, 2.05) is 6.07 Å². The lowest BCUT2D eigenvalue weighted by atomic mass is 10.1. The van der Waals surface area contributed by atoms with Crippen molar-refractivity contribution >= 4 is 11.8 Å². The van der Waals surface area contributed by atoms with E-state index in [-0.39, 0.29) is 23.2 Å². The summed E-state index contributed by atoms with van der Waals surface area (Å²) in [5.74, 6) is -0.643. The molecule has 1 saturated heterocycles. The monoisotopic (exact) mass is 344 g/mol. The largest absolute Gasteiger partial charge is 0.389 e. The van der Waals surface area contributed by atoms with Crippen molar-refractivity contribution in [3.63, 3.8) is 0 Å². The van der Waals surface area contributed by atoms with Gasteiger partial charge < -0.3 is 15.1 Å². The van der Waals surface area contributed by atoms with Gasteiger partial charge in [-0.15, -0.1) is 0 Å². The summed E-state index contributed by atoms with van der Waals surface area (Å²) in [5, 5.41) is 12.1. The Morgan fingerprint density at radius 2 is 1.88 bits per heavy atom. The fourth-order valence-corrected chi connectivity index (χ4v) is 2.62. The lowest BCUT2D eigenvalue weighted by Crippen LogP contribution is -2.50. The van der Waals surface area contributed by atoms with Crippen LogP contribution in [0.5, 0.6) is 0 Å². The van der Waals surface area contributed by atoms with Gasteiger partial charge >= 0.3 is 0 Å². The number of carbonyl (C=O) groups is 2. The van der Waals surface area contributed by atoms with Gasteiger partial charge in [-0.3, -0.25) is 9.59 Å². The molecule has 2 amide bonds. The number of piperazine rings is 1. The van der Waals surface area contributed by atoms with Gasteiger partial charge in [0.05, 0.1) is 0 Å². The van der Waals surface area contributed by atoms with E-state index in [4.69, 9.17) is 0 Å². The van der Waals surface area contributed by atoms with E-state index in [9.17, 15) is 19.2 Å². The molecule has 0 spiro atoms. The number of hydrogen-bond donors (Lipinski definition) is 1. The topological polar surface area (TPSA) is 76.4 Å². The summed E-state index contributed by atoms with van der Waals surface area (Å²) >= 11 is 0. The molecule has 25 heavy (non-hydrogen) atoms. The Kier molecular flexibility index (Phi) is 6.52. The highest BCUT2D eigenvalue weighted by Gasteiger charge is 2.24. The normalized spacial score (nSPS) is 14.8. The third-order valence-electron chi connectivity index (χ3n) is 4.11. The van der Waals surface area contributed by atoms with Crippen LogP contribution in [-0.4, -0.2) is 54.3 Å². The number of nitriles is 1. The fourth-order valence-electron chi connectivity index (χ4n) is 2.62. The molecule has 1 fully saturated rings. The number of amides is 2. The first kappa shape index (κ1) is 18.5. The van der Waals surface area contributed by atoms with Crippen LogP contribution in [0.3, 0.4) is 0 Å². The van der Waals surface area contributed by atoms with Gasteiger partial charge in [0.15, 0.2) is 0 Å². The van der Waals surface area contributed by atoms with Gasteiger partial charge in [-0.1, -0.05) is 18.2 Å². The molecule has 1 heterocycles. The van der Waals surface area contributed by atoms with Crippen molar-refractivity contribution in [2.24, 2.45) is 0 Å². The van der Waals surface area contributed by atoms with E-state index in [0.29, 0.717) is 44.7 Å². The van der Waals surface area contributed by atoms with Gasteiger partial charge in [-0.2, -0.15) is 5.26 Å². The number of hydrogen-bond acceptors (Lipinski definition) is 4. The van der Waals surface area contributed by atoms with E-state index < -0.39 is 0 Å². The van der Waals surface area contributed by atoms with E-state index in [1.54, 1.807) is 28.0 Å². The number of halogens is 1. The van der Waals surface area contributed by atoms with Crippen molar-refractivity contribution in [1.29, 1.82) is 5.26 Å². The molecule has 1 aliphatic rings. The van der Waals surface area contributed by atoms with Crippen molar-refractivity contribution in [2.45, 2.75) is 13.3 Å². The Bertz CT molecular complexity index is 703. The Balaban J connectivity index is 1.85. The molecule has 0 aliphatic carbocycles. The lowest BCUT2D eigenvalue weighted by Gasteiger charge is -2.34. The zero-order valence-electron chi connectivity index (χ0n) is 14.2. The average Bonchev–Trinajstić information content (AvgIpc) is 2.63. The molecule has 1 aromatic rings. The molecule has 2 rings (SSSR count). The minimum atomic E-state index is -0.357. The molecule has 0 unspecified atom stereocenters. The Morgan fingerprint density at radius 1 is 1.24 bits per heavy atom. The molecular weight excluding hydrogens is 323 g/mol. The summed E-state index contributed by atoms with van der Waals surface area (Å²) in [5.41, 5.74) is 0.582. The van der Waals surface area contributed by atoms with Crippen LogP contribution in [0.4, 0.5) is 4.39 Å². The molecule has 1 aromatic carbocycles. The number of rotatable bonds is 5. The van der Waals surface area contributed by atoms with Crippen LogP contribution in [0, 0.1) is 17.1 Å². The first-order valence-corrected chi connectivity index (χ1v) is 8.14. The highest BCUT2D eigenvalue weighted by molar-refractivity contribution is 5.97. The predicted molar refractivity (Wildman–Crippen MR) is 90.6 cm³/mol. The summed E-state index contributed by atoms with van der Waals surface area (Å²) < 4.78 is 13.5. The van der Waals surface area contributed by atoms with Gasteiger partial charge in [0.25, 0.3) is 5.91 Å². The summed E-state index contributed by atoms with van der Waals surface area (Å²) in [7, 11) is 0. The molecule has 1 aliphatic heterocycles. The Hall–Kier alpha value is -2.88. The molecule has 7 heteroatoms. The Morgan fingerprint density at radius 3 is 2.48 bits per heavy atom. The molecule has 0 radical (unpaired) electrons. The fraction of sp³-hybridized carbons (Fsp3) is 0.389. The molecule has 132 valence electrons. The second kappa shape index (κ2) is 8.83.